The summed E-state index contributed by atoms with van der Waals surface area (Å²) in [6, 6.07) is 15.3. The summed E-state index contributed by atoms with van der Waals surface area (Å²) in [5.74, 6) is -0.819. The van der Waals surface area contributed by atoms with Crippen LogP contribution in [0.15, 0.2) is 59.5 Å². The highest BCUT2D eigenvalue weighted by molar-refractivity contribution is 7.92. The molecule has 1 saturated carbocycles. The van der Waals surface area contributed by atoms with Crippen LogP contribution in [0.1, 0.15) is 11.5 Å². The van der Waals surface area contributed by atoms with E-state index >= 15 is 0 Å². The van der Waals surface area contributed by atoms with Crippen molar-refractivity contribution in [2.75, 3.05) is 0 Å². The molecule has 0 saturated heterocycles. The molecule has 108 valence electrons. The fraction of sp³-hybridized carbons (Fsp3) is 0.188. The molecule has 3 rings (SSSR count). The van der Waals surface area contributed by atoms with E-state index in [1.54, 1.807) is 48.5 Å². The highest BCUT2D eigenvalue weighted by Gasteiger charge is 2.59. The Hall–Kier alpha value is -1.65. The molecule has 0 radical (unpaired) electrons. The van der Waals surface area contributed by atoms with Crippen LogP contribution in [0.2, 0.25) is 5.02 Å². The van der Waals surface area contributed by atoms with Crippen molar-refractivity contribution < 1.29 is 13.2 Å². The van der Waals surface area contributed by atoms with E-state index in [9.17, 15) is 13.2 Å². The van der Waals surface area contributed by atoms with Crippen LogP contribution in [0.4, 0.5) is 0 Å². The minimum atomic E-state index is -3.51. The molecule has 2 aromatic rings. The first-order chi connectivity index (χ1) is 10.1. The van der Waals surface area contributed by atoms with Gasteiger partial charge in [-0.25, -0.2) is 8.42 Å². The summed E-state index contributed by atoms with van der Waals surface area (Å²) in [6.45, 7) is 0. The molecule has 0 unspecified atom stereocenters. The van der Waals surface area contributed by atoms with E-state index in [4.69, 9.17) is 11.6 Å². The Morgan fingerprint density at radius 2 is 1.71 bits per heavy atom. The highest BCUT2D eigenvalue weighted by atomic mass is 35.5. The molecule has 0 spiro atoms. The van der Waals surface area contributed by atoms with Gasteiger partial charge in [-0.3, -0.25) is 0 Å². The van der Waals surface area contributed by atoms with E-state index in [-0.39, 0.29) is 10.8 Å². The second-order valence-electron chi connectivity index (χ2n) is 5.12. The second kappa shape index (κ2) is 5.28. The summed E-state index contributed by atoms with van der Waals surface area (Å²) in [6.07, 6.45) is 0.733. The molecule has 0 bridgehead atoms. The number of aldehydes is 1. The van der Waals surface area contributed by atoms with Crippen LogP contribution in [0, 0.1) is 5.92 Å². The zero-order valence-corrected chi connectivity index (χ0v) is 12.6. The zero-order valence-electron chi connectivity index (χ0n) is 11.0. The number of sulfone groups is 1. The first-order valence-electron chi connectivity index (χ1n) is 6.55. The van der Waals surface area contributed by atoms with Crippen molar-refractivity contribution in [2.24, 2.45) is 5.92 Å². The monoisotopic (exact) mass is 320 g/mol. The summed E-state index contributed by atoms with van der Waals surface area (Å²) in [7, 11) is -3.51. The summed E-state index contributed by atoms with van der Waals surface area (Å²) < 4.78 is 25.3. The Morgan fingerprint density at radius 3 is 2.33 bits per heavy atom. The van der Waals surface area contributed by atoms with E-state index in [0.29, 0.717) is 5.02 Å². The maximum absolute atomic E-state index is 12.6. The number of halogens is 1. The van der Waals surface area contributed by atoms with Crippen LogP contribution in [0.25, 0.3) is 0 Å². The SMILES string of the molecule is O=C[C@@H]1[C@H](c2cccc(Cl)c2)[C@H]1S(=O)(=O)c1ccccc1. The summed E-state index contributed by atoms with van der Waals surface area (Å²) in [5, 5.41) is -0.157. The molecule has 1 aliphatic rings. The molecule has 0 amide bonds. The number of carbonyl (C=O) groups excluding carboxylic acids is 1. The molecular formula is C16H13ClO3S. The van der Waals surface area contributed by atoms with Gasteiger partial charge in [0.05, 0.1) is 10.1 Å². The van der Waals surface area contributed by atoms with Gasteiger partial charge in [0.25, 0.3) is 0 Å². The first kappa shape index (κ1) is 14.3. The molecule has 0 aliphatic heterocycles. The maximum atomic E-state index is 12.6. The third-order valence-electron chi connectivity index (χ3n) is 3.83. The molecule has 0 N–H and O–H groups in total. The molecule has 1 fully saturated rings. The standard InChI is InChI=1S/C16H13ClO3S/c17-12-6-4-5-11(9-12)15-14(10-18)16(15)21(19,20)13-7-2-1-3-8-13/h1-10,14-16H/t14-,15+,16+/m1/s1. The molecular weight excluding hydrogens is 308 g/mol. The lowest BCUT2D eigenvalue weighted by atomic mass is 10.1. The maximum Gasteiger partial charge on any atom is 0.182 e. The van der Waals surface area contributed by atoms with Crippen molar-refractivity contribution in [3.8, 4) is 0 Å². The highest BCUT2D eigenvalue weighted by Crippen LogP contribution is 2.53. The van der Waals surface area contributed by atoms with Gasteiger partial charge in [0.1, 0.15) is 6.29 Å². The third kappa shape index (κ3) is 2.49. The van der Waals surface area contributed by atoms with Gasteiger partial charge in [-0.15, -0.1) is 0 Å². The largest absolute Gasteiger partial charge is 0.303 e. The fourth-order valence-corrected chi connectivity index (χ4v) is 5.09. The van der Waals surface area contributed by atoms with Gasteiger partial charge in [-0.1, -0.05) is 41.9 Å². The Balaban J connectivity index is 1.98. The van der Waals surface area contributed by atoms with Crippen molar-refractivity contribution >= 4 is 27.7 Å². The van der Waals surface area contributed by atoms with Crippen molar-refractivity contribution in [3.63, 3.8) is 0 Å². The topological polar surface area (TPSA) is 51.2 Å². The van der Waals surface area contributed by atoms with E-state index in [0.717, 1.165) is 11.8 Å². The fourth-order valence-electron chi connectivity index (χ4n) is 2.76. The predicted octanol–water partition coefficient (Wildman–Crippen LogP) is 3.09. The minimum Gasteiger partial charge on any atom is -0.303 e. The van der Waals surface area contributed by atoms with Crippen molar-refractivity contribution in [2.45, 2.75) is 16.1 Å². The average molecular weight is 321 g/mol. The van der Waals surface area contributed by atoms with Crippen LogP contribution in [-0.2, 0) is 14.6 Å². The van der Waals surface area contributed by atoms with Gasteiger partial charge in [-0.2, -0.15) is 0 Å². The van der Waals surface area contributed by atoms with E-state index in [2.05, 4.69) is 0 Å². The van der Waals surface area contributed by atoms with Crippen molar-refractivity contribution in [1.82, 2.24) is 0 Å². The van der Waals surface area contributed by atoms with Crippen molar-refractivity contribution in [3.05, 3.63) is 65.2 Å². The second-order valence-corrected chi connectivity index (χ2v) is 7.66. The van der Waals surface area contributed by atoms with E-state index in [1.165, 1.54) is 0 Å². The van der Waals surface area contributed by atoms with E-state index in [1.807, 2.05) is 6.07 Å². The van der Waals surface area contributed by atoms with Crippen LogP contribution in [0.3, 0.4) is 0 Å². The summed E-state index contributed by atoms with van der Waals surface area (Å²) in [4.78, 5) is 11.5. The lowest BCUT2D eigenvalue weighted by Gasteiger charge is -2.04. The smallest absolute Gasteiger partial charge is 0.182 e. The molecule has 21 heavy (non-hydrogen) atoms. The summed E-state index contributed by atoms with van der Waals surface area (Å²) >= 11 is 5.95. The Kier molecular flexibility index (Phi) is 3.59. The van der Waals surface area contributed by atoms with Gasteiger partial charge >= 0.3 is 0 Å². The molecule has 2 aromatic carbocycles. The van der Waals surface area contributed by atoms with E-state index < -0.39 is 21.0 Å². The van der Waals surface area contributed by atoms with Gasteiger partial charge in [0, 0.05) is 16.9 Å². The lowest BCUT2D eigenvalue weighted by Crippen LogP contribution is -2.10. The van der Waals surface area contributed by atoms with Gasteiger partial charge < -0.3 is 4.79 Å². The van der Waals surface area contributed by atoms with Gasteiger partial charge in [-0.05, 0) is 29.8 Å². The predicted molar refractivity (Wildman–Crippen MR) is 81.2 cm³/mol. The lowest BCUT2D eigenvalue weighted by molar-refractivity contribution is -0.108. The molecule has 1 aliphatic carbocycles. The third-order valence-corrected chi connectivity index (χ3v) is 6.32. The quantitative estimate of drug-likeness (QED) is 0.813. The average Bonchev–Trinajstić information content (AvgIpc) is 3.23. The molecule has 3 nitrogen and oxygen atoms in total. The molecule has 3 atom stereocenters. The number of carbonyl (C=O) groups is 1. The van der Waals surface area contributed by atoms with Crippen LogP contribution < -0.4 is 0 Å². The number of hydrogen-bond donors (Lipinski definition) is 0. The first-order valence-corrected chi connectivity index (χ1v) is 8.48. The van der Waals surface area contributed by atoms with Gasteiger partial charge in [0.2, 0.25) is 0 Å². The van der Waals surface area contributed by atoms with Crippen LogP contribution in [0.5, 0.6) is 0 Å². The Labute approximate surface area is 128 Å². The minimum absolute atomic E-state index is 0.256. The number of rotatable bonds is 4. The normalized spacial score (nSPS) is 24.5. The summed E-state index contributed by atoms with van der Waals surface area (Å²) in [5.41, 5.74) is 0.795. The number of hydrogen-bond acceptors (Lipinski definition) is 3. The zero-order chi connectivity index (χ0) is 15.0. The van der Waals surface area contributed by atoms with Crippen LogP contribution in [-0.4, -0.2) is 20.0 Å². The van der Waals surface area contributed by atoms with Crippen molar-refractivity contribution in [1.29, 1.82) is 0 Å². The number of benzene rings is 2. The molecule has 0 heterocycles. The van der Waals surface area contributed by atoms with Crippen LogP contribution >= 0.6 is 11.6 Å². The molecule has 0 aromatic heterocycles. The molecule has 5 heteroatoms. The van der Waals surface area contributed by atoms with Gasteiger partial charge in [0.15, 0.2) is 9.84 Å². The Bertz CT molecular complexity index is 771. The Morgan fingerprint density at radius 1 is 1.00 bits per heavy atom.